The van der Waals surface area contributed by atoms with Crippen molar-refractivity contribution >= 4 is 50.1 Å². The molecule has 5 rings (SSSR count). The van der Waals surface area contributed by atoms with Crippen LogP contribution in [-0.4, -0.2) is 77.5 Å². The van der Waals surface area contributed by atoms with Crippen LogP contribution in [-0.2, 0) is 40.4 Å². The number of aliphatic hydroxyl groups is 1. The number of ether oxygens (including phenoxy) is 3. The first-order valence-corrected chi connectivity index (χ1v) is 18.7. The number of anilines is 1. The van der Waals surface area contributed by atoms with Crippen LogP contribution in [0.15, 0.2) is 71.2 Å². The van der Waals surface area contributed by atoms with Crippen LogP contribution in [0.3, 0.4) is 0 Å². The molecule has 1 heterocycles. The fraction of sp³-hybridized carbons (Fsp3) is 0.342. The van der Waals surface area contributed by atoms with Gasteiger partial charge in [0.15, 0.2) is 0 Å². The monoisotopic (exact) mass is 736 g/mol. The maximum Gasteiger partial charge on any atom is 0.379 e. The van der Waals surface area contributed by atoms with E-state index in [0.29, 0.717) is 39.8 Å². The minimum absolute atomic E-state index is 0.0465. The van der Waals surface area contributed by atoms with Crippen molar-refractivity contribution in [1.82, 2.24) is 5.32 Å². The molecule has 3 aromatic carbocycles. The highest BCUT2D eigenvalue weighted by atomic mass is 32.2. The number of hydrogen-bond donors (Lipinski definition) is 2. The summed E-state index contributed by atoms with van der Waals surface area (Å²) in [6.07, 6.45) is 4.11. The Hall–Kier alpha value is -5.05. The number of carbonyl (C=O) groups is 3. The van der Waals surface area contributed by atoms with E-state index in [0.717, 1.165) is 36.3 Å². The first-order chi connectivity index (χ1) is 24.9. The number of esters is 1. The fourth-order valence-corrected chi connectivity index (χ4v) is 6.69. The Morgan fingerprint density at radius 1 is 1.04 bits per heavy atom. The molecule has 0 unspecified atom stereocenters. The molecule has 1 aromatic heterocycles. The summed E-state index contributed by atoms with van der Waals surface area (Å²) in [5.74, 6) is -2.80. The number of ketones is 1. The first kappa shape index (κ1) is 38.2. The van der Waals surface area contributed by atoms with Gasteiger partial charge in [-0.05, 0) is 79.6 Å². The Bertz CT molecular complexity index is 2070. The quantitative estimate of drug-likeness (QED) is 0.0414. The molecule has 1 aliphatic carbocycles. The molecule has 0 atom stereocenters. The number of hydrogen-bond acceptors (Lipinski definition) is 10. The first-order valence-electron chi connectivity index (χ1n) is 16.8. The predicted octanol–water partition coefficient (Wildman–Crippen LogP) is 5.90. The fourth-order valence-electron chi connectivity index (χ4n) is 5.72. The summed E-state index contributed by atoms with van der Waals surface area (Å²) in [7, 11) is -2.21. The number of fused-ring (bicyclic) bond motifs is 1. The molecule has 52 heavy (non-hydrogen) atoms. The van der Waals surface area contributed by atoms with Crippen LogP contribution in [0.1, 0.15) is 59.2 Å². The number of furan rings is 1. The van der Waals surface area contributed by atoms with Crippen molar-refractivity contribution in [3.63, 3.8) is 0 Å². The minimum atomic E-state index is -3.72. The van der Waals surface area contributed by atoms with Crippen molar-refractivity contribution in [1.29, 1.82) is 0 Å². The summed E-state index contributed by atoms with van der Waals surface area (Å²) < 4.78 is 63.5. The van der Waals surface area contributed by atoms with E-state index >= 15 is 0 Å². The lowest BCUT2D eigenvalue weighted by Crippen LogP contribution is -2.32. The van der Waals surface area contributed by atoms with Crippen molar-refractivity contribution in [2.24, 2.45) is 0 Å². The van der Waals surface area contributed by atoms with Crippen molar-refractivity contribution in [2.45, 2.75) is 38.7 Å². The Morgan fingerprint density at radius 3 is 2.44 bits per heavy atom. The van der Waals surface area contributed by atoms with E-state index in [1.54, 1.807) is 37.3 Å². The summed E-state index contributed by atoms with van der Waals surface area (Å²) in [6.45, 7) is 2.71. The minimum Gasteiger partial charge on any atom is -0.507 e. The van der Waals surface area contributed by atoms with Gasteiger partial charge in [-0.25, -0.2) is 17.6 Å². The number of nitrogens with one attached hydrogen (secondary N) is 1. The molecule has 1 amide bonds. The van der Waals surface area contributed by atoms with Crippen molar-refractivity contribution in [2.75, 3.05) is 50.6 Å². The number of aliphatic hydroxyl groups excluding tert-OH is 1. The zero-order valence-corrected chi connectivity index (χ0v) is 30.0. The normalized spacial score (nSPS) is 13.3. The van der Waals surface area contributed by atoms with E-state index in [1.165, 1.54) is 35.6 Å². The lowest BCUT2D eigenvalue weighted by atomic mass is 10.0. The number of benzene rings is 3. The molecule has 12 nitrogen and oxygen atoms in total. The molecule has 0 saturated heterocycles. The van der Waals surface area contributed by atoms with Gasteiger partial charge in [0.05, 0.1) is 43.9 Å². The molecule has 4 aromatic rings. The van der Waals surface area contributed by atoms with E-state index in [9.17, 15) is 32.3 Å². The molecule has 14 heteroatoms. The molecule has 0 spiro atoms. The second-order valence-electron chi connectivity index (χ2n) is 12.2. The summed E-state index contributed by atoms with van der Waals surface area (Å²) in [5, 5.41) is 13.5. The van der Waals surface area contributed by atoms with Crippen LogP contribution >= 0.6 is 0 Å². The van der Waals surface area contributed by atoms with Crippen molar-refractivity contribution in [3.05, 3.63) is 94.8 Å². The molecule has 0 bridgehead atoms. The summed E-state index contributed by atoms with van der Waals surface area (Å²) >= 11 is 0. The highest BCUT2D eigenvalue weighted by Crippen LogP contribution is 2.48. The van der Waals surface area contributed by atoms with E-state index in [4.69, 9.17) is 13.9 Å². The standard InChI is InChI=1S/C38H41FN2O10S/c1-4-50-38(45)33(43)22-32(42)27-8-5-7-24(19-27)23-49-18-17-48-16-6-15-41(52(3,46)47)31-21-34-30(20-29(31)25-9-10-25)35(37(44)40-2)36(51-34)26-11-13-28(39)14-12-26/h5,7-8,11-14,19-22,25,42H,4,6,9-10,15-18,23H2,1-3H3,(H,40,44). The van der Waals surface area contributed by atoms with E-state index in [-0.39, 0.29) is 62.9 Å². The third kappa shape index (κ3) is 9.43. The molecule has 0 aliphatic heterocycles. The van der Waals surface area contributed by atoms with Gasteiger partial charge in [0.2, 0.25) is 10.0 Å². The van der Waals surface area contributed by atoms with E-state index in [2.05, 4.69) is 10.1 Å². The van der Waals surface area contributed by atoms with Crippen LogP contribution in [0.25, 0.3) is 28.1 Å². The van der Waals surface area contributed by atoms with Gasteiger partial charge in [-0.1, -0.05) is 18.2 Å². The lowest BCUT2D eigenvalue weighted by molar-refractivity contribution is -0.151. The smallest absolute Gasteiger partial charge is 0.379 e. The number of halogens is 1. The average Bonchev–Trinajstić information content (AvgIpc) is 3.90. The molecule has 1 aliphatic rings. The molecule has 2 N–H and O–H groups in total. The zero-order valence-electron chi connectivity index (χ0n) is 29.1. The number of sulfonamides is 1. The summed E-state index contributed by atoms with van der Waals surface area (Å²) in [5.41, 5.74) is 3.49. The molecule has 1 saturated carbocycles. The summed E-state index contributed by atoms with van der Waals surface area (Å²) in [6, 6.07) is 15.8. The Balaban J connectivity index is 1.21. The molecular formula is C38H41FN2O10S. The van der Waals surface area contributed by atoms with Gasteiger partial charge in [0, 0.05) is 48.9 Å². The van der Waals surface area contributed by atoms with Gasteiger partial charge >= 0.3 is 5.97 Å². The largest absolute Gasteiger partial charge is 0.507 e. The highest BCUT2D eigenvalue weighted by Gasteiger charge is 2.33. The van der Waals surface area contributed by atoms with Crippen LogP contribution in [0.5, 0.6) is 0 Å². The SMILES string of the molecule is CCOC(=O)C(=O)C=C(O)c1cccc(COCCOCCCN(c2cc3oc(-c4ccc(F)cc4)c(C(=O)NC)c3cc2C2CC2)S(C)(=O)=O)c1. The number of rotatable bonds is 18. The Morgan fingerprint density at radius 2 is 1.77 bits per heavy atom. The summed E-state index contributed by atoms with van der Waals surface area (Å²) in [4.78, 5) is 36.5. The highest BCUT2D eigenvalue weighted by molar-refractivity contribution is 7.92. The molecular weight excluding hydrogens is 695 g/mol. The van der Waals surface area contributed by atoms with Gasteiger partial charge in [-0.15, -0.1) is 0 Å². The molecule has 276 valence electrons. The molecule has 1 fully saturated rings. The number of carbonyl (C=O) groups excluding carboxylic acids is 3. The zero-order chi connectivity index (χ0) is 37.4. The molecule has 0 radical (unpaired) electrons. The van der Waals surface area contributed by atoms with Crippen molar-refractivity contribution in [3.8, 4) is 11.3 Å². The second kappa shape index (κ2) is 17.0. The average molecular weight is 737 g/mol. The second-order valence-corrected chi connectivity index (χ2v) is 14.1. The van der Waals surface area contributed by atoms with E-state index < -0.39 is 27.6 Å². The number of amides is 1. The predicted molar refractivity (Wildman–Crippen MR) is 193 cm³/mol. The van der Waals surface area contributed by atoms with Gasteiger partial charge in [0.25, 0.3) is 11.7 Å². The van der Waals surface area contributed by atoms with Gasteiger partial charge in [-0.2, -0.15) is 0 Å². The topological polar surface area (TPSA) is 162 Å². The van der Waals surface area contributed by atoms with Gasteiger partial charge in [0.1, 0.15) is 22.9 Å². The lowest BCUT2D eigenvalue weighted by Gasteiger charge is -2.25. The third-order valence-electron chi connectivity index (χ3n) is 8.34. The maximum atomic E-state index is 13.7. The van der Waals surface area contributed by atoms with Gasteiger partial charge in [-0.3, -0.25) is 13.9 Å². The Labute approximate surface area is 301 Å². The van der Waals surface area contributed by atoms with Crippen LogP contribution in [0, 0.1) is 5.82 Å². The van der Waals surface area contributed by atoms with Crippen LogP contribution < -0.4 is 9.62 Å². The van der Waals surface area contributed by atoms with E-state index in [1.807, 2.05) is 6.07 Å². The third-order valence-corrected chi connectivity index (χ3v) is 9.52. The Kier molecular flexibility index (Phi) is 12.5. The van der Waals surface area contributed by atoms with Crippen molar-refractivity contribution < 1.29 is 50.9 Å². The van der Waals surface area contributed by atoms with Crippen LogP contribution in [0.2, 0.25) is 0 Å². The maximum absolute atomic E-state index is 13.7. The van der Waals surface area contributed by atoms with Crippen LogP contribution in [0.4, 0.5) is 10.1 Å². The van der Waals surface area contributed by atoms with Gasteiger partial charge < -0.3 is 29.1 Å². The number of nitrogens with zero attached hydrogens (tertiary/aromatic N) is 1.